The van der Waals surface area contributed by atoms with Gasteiger partial charge in [0.05, 0.1) is 13.2 Å². The summed E-state index contributed by atoms with van der Waals surface area (Å²) in [7, 11) is 0. The second-order valence-corrected chi connectivity index (χ2v) is 5.78. The Morgan fingerprint density at radius 3 is 2.56 bits per heavy atom. The fraction of sp³-hybridized carbons (Fsp3) is 0.211. The second kappa shape index (κ2) is 8.70. The highest BCUT2D eigenvalue weighted by Gasteiger charge is 2.25. The Morgan fingerprint density at radius 1 is 1.04 bits per heavy atom. The number of ether oxygens (including phenoxy) is 2. The van der Waals surface area contributed by atoms with Gasteiger partial charge in [-0.1, -0.05) is 29.4 Å². The minimum absolute atomic E-state index is 0.219. The molecule has 0 bridgehead atoms. The van der Waals surface area contributed by atoms with E-state index in [1.54, 1.807) is 0 Å². The number of amides is 2. The molecule has 0 atom stereocenters. The van der Waals surface area contributed by atoms with Gasteiger partial charge in [0, 0.05) is 11.1 Å². The topological polar surface area (TPSA) is 109 Å². The van der Waals surface area contributed by atoms with Crippen molar-refractivity contribution in [2.45, 2.75) is 12.8 Å². The lowest BCUT2D eigenvalue weighted by Gasteiger charge is -2.09. The van der Waals surface area contributed by atoms with Gasteiger partial charge in [0.25, 0.3) is 0 Å². The minimum atomic E-state index is -0.711. The number of oxime groups is 1. The van der Waals surface area contributed by atoms with Gasteiger partial charge in [-0.3, -0.25) is 10.2 Å². The molecule has 0 saturated carbocycles. The number of rotatable bonds is 8. The maximum absolute atomic E-state index is 11.1. The highest BCUT2D eigenvalue weighted by Crippen LogP contribution is 2.38. The number of hydrogen-bond acceptors (Lipinski definition) is 6. The Bertz CT molecular complexity index is 866. The molecule has 0 spiro atoms. The Balaban J connectivity index is 1.50. The van der Waals surface area contributed by atoms with E-state index in [4.69, 9.17) is 9.47 Å². The van der Waals surface area contributed by atoms with E-state index in [-0.39, 0.29) is 6.61 Å². The highest BCUT2D eigenvalue weighted by atomic mass is 16.6. The summed E-state index contributed by atoms with van der Waals surface area (Å²) in [4.78, 5) is 21.1. The summed E-state index contributed by atoms with van der Waals surface area (Å²) in [5.41, 5.74) is 8.35. The van der Waals surface area contributed by atoms with Crippen molar-refractivity contribution in [3.63, 3.8) is 0 Å². The number of fused-ring (bicyclic) bond motifs is 3. The van der Waals surface area contributed by atoms with E-state index in [0.29, 0.717) is 37.3 Å². The quantitative estimate of drug-likeness (QED) is 0.245. The normalized spacial score (nSPS) is 12.8. The molecule has 2 aromatic carbocycles. The molecular formula is C19H19N3O5. The molecule has 1 aliphatic carbocycles. The Morgan fingerprint density at radius 2 is 1.78 bits per heavy atom. The number of unbranched alkanes of at least 4 members (excludes halogenated alkanes) is 1. The zero-order valence-electron chi connectivity index (χ0n) is 14.5. The summed E-state index contributed by atoms with van der Waals surface area (Å²) in [5, 5.41) is 12.8. The van der Waals surface area contributed by atoms with Crippen molar-refractivity contribution < 1.29 is 24.3 Å². The number of carbonyl (C=O) groups is 2. The predicted molar refractivity (Wildman–Crippen MR) is 97.7 cm³/mol. The minimum Gasteiger partial charge on any atom is -0.494 e. The Kier molecular flexibility index (Phi) is 5.88. The van der Waals surface area contributed by atoms with Crippen LogP contribution < -0.4 is 15.6 Å². The molecule has 8 nitrogen and oxygen atoms in total. The average Bonchev–Trinajstić information content (AvgIpc) is 3.01. The number of carbonyl (C=O) groups excluding carboxylic acids is 2. The molecular weight excluding hydrogens is 350 g/mol. The van der Waals surface area contributed by atoms with Gasteiger partial charge in [-0.15, -0.1) is 0 Å². The largest absolute Gasteiger partial charge is 0.494 e. The van der Waals surface area contributed by atoms with E-state index in [9.17, 15) is 14.8 Å². The van der Waals surface area contributed by atoms with Crippen LogP contribution in [0.3, 0.4) is 0 Å². The van der Waals surface area contributed by atoms with Gasteiger partial charge in [0.15, 0.2) is 0 Å². The second-order valence-electron chi connectivity index (χ2n) is 5.78. The fourth-order valence-corrected chi connectivity index (χ4v) is 2.90. The fourth-order valence-electron chi connectivity index (χ4n) is 2.90. The standard InChI is InChI=1S/C19H19N3O5/c23-12-20-21-19(24)27-10-4-3-9-26-13-7-8-15-14-5-1-2-6-16(14)18(22-25)17(15)11-13/h1-2,5-8,11-12,25H,3-4,9-10H2,(H,20,23)(H,21,24)/b22-18-. The van der Waals surface area contributed by atoms with E-state index < -0.39 is 6.09 Å². The number of nitrogens with one attached hydrogen (secondary N) is 2. The van der Waals surface area contributed by atoms with E-state index in [0.717, 1.165) is 22.3 Å². The lowest BCUT2D eigenvalue weighted by atomic mass is 10.1. The maximum Gasteiger partial charge on any atom is 0.426 e. The first-order valence-corrected chi connectivity index (χ1v) is 8.45. The predicted octanol–water partition coefficient (Wildman–Crippen LogP) is 2.44. The van der Waals surface area contributed by atoms with Gasteiger partial charge in [-0.25, -0.2) is 10.2 Å². The summed E-state index contributed by atoms with van der Waals surface area (Å²) in [5.74, 6) is 0.677. The van der Waals surface area contributed by atoms with Crippen LogP contribution in [0.25, 0.3) is 11.1 Å². The zero-order chi connectivity index (χ0) is 19.1. The van der Waals surface area contributed by atoms with Crippen molar-refractivity contribution >= 4 is 18.2 Å². The van der Waals surface area contributed by atoms with Crippen LogP contribution in [0.15, 0.2) is 47.6 Å². The first-order valence-electron chi connectivity index (χ1n) is 8.45. The van der Waals surface area contributed by atoms with Crippen LogP contribution in [0.4, 0.5) is 4.79 Å². The van der Waals surface area contributed by atoms with E-state index in [1.165, 1.54) is 0 Å². The molecule has 0 saturated heterocycles. The Labute approximate surface area is 155 Å². The van der Waals surface area contributed by atoms with Crippen molar-refractivity contribution in [2.24, 2.45) is 5.16 Å². The van der Waals surface area contributed by atoms with Gasteiger partial charge in [-0.2, -0.15) is 0 Å². The molecule has 0 aliphatic heterocycles. The third kappa shape index (κ3) is 4.17. The van der Waals surface area contributed by atoms with Crippen molar-refractivity contribution in [1.82, 2.24) is 10.9 Å². The summed E-state index contributed by atoms with van der Waals surface area (Å²) in [6.45, 7) is 0.672. The summed E-state index contributed by atoms with van der Waals surface area (Å²) < 4.78 is 10.6. The number of benzene rings is 2. The first kappa shape index (κ1) is 18.2. The van der Waals surface area contributed by atoms with Crippen LogP contribution in [0.5, 0.6) is 5.75 Å². The van der Waals surface area contributed by atoms with E-state index in [2.05, 4.69) is 5.16 Å². The van der Waals surface area contributed by atoms with Gasteiger partial charge >= 0.3 is 6.09 Å². The number of hydrogen-bond donors (Lipinski definition) is 3. The smallest absolute Gasteiger partial charge is 0.426 e. The number of hydrazine groups is 1. The molecule has 2 aromatic rings. The van der Waals surface area contributed by atoms with Crippen LogP contribution in [-0.4, -0.2) is 36.6 Å². The van der Waals surface area contributed by atoms with Crippen molar-refractivity contribution in [2.75, 3.05) is 13.2 Å². The van der Waals surface area contributed by atoms with Crippen molar-refractivity contribution in [3.05, 3.63) is 53.6 Å². The monoisotopic (exact) mass is 369 g/mol. The van der Waals surface area contributed by atoms with Gasteiger partial charge in [0.2, 0.25) is 6.41 Å². The summed E-state index contributed by atoms with van der Waals surface area (Å²) >= 11 is 0. The molecule has 2 amide bonds. The molecule has 1 aliphatic rings. The SMILES string of the molecule is O=CNNC(=O)OCCCCOc1ccc2c(c1)/C(=N\O)c1ccccc1-2. The molecule has 8 heteroatoms. The van der Waals surface area contributed by atoms with Crippen LogP contribution in [-0.2, 0) is 9.53 Å². The zero-order valence-corrected chi connectivity index (χ0v) is 14.5. The molecule has 140 valence electrons. The van der Waals surface area contributed by atoms with E-state index in [1.807, 2.05) is 53.3 Å². The van der Waals surface area contributed by atoms with Gasteiger partial charge in [0.1, 0.15) is 11.5 Å². The molecule has 0 fully saturated rings. The first-order chi connectivity index (χ1) is 13.2. The summed E-state index contributed by atoms with van der Waals surface area (Å²) in [6, 6.07) is 13.5. The van der Waals surface area contributed by atoms with Crippen LogP contribution in [0.2, 0.25) is 0 Å². The molecule has 0 radical (unpaired) electrons. The molecule has 0 aromatic heterocycles. The van der Waals surface area contributed by atoms with Crippen molar-refractivity contribution in [1.29, 1.82) is 0 Å². The Hall–Kier alpha value is -3.55. The third-order valence-corrected chi connectivity index (χ3v) is 4.09. The lowest BCUT2D eigenvalue weighted by Crippen LogP contribution is -2.36. The average molecular weight is 369 g/mol. The van der Waals surface area contributed by atoms with Crippen LogP contribution in [0, 0.1) is 0 Å². The van der Waals surface area contributed by atoms with E-state index >= 15 is 0 Å². The summed E-state index contributed by atoms with van der Waals surface area (Å²) in [6.07, 6.45) is 0.940. The van der Waals surface area contributed by atoms with Gasteiger partial charge < -0.3 is 14.7 Å². The lowest BCUT2D eigenvalue weighted by molar-refractivity contribution is -0.110. The molecule has 0 heterocycles. The maximum atomic E-state index is 11.1. The molecule has 3 N–H and O–H groups in total. The molecule has 27 heavy (non-hydrogen) atoms. The van der Waals surface area contributed by atoms with Crippen molar-refractivity contribution in [3.8, 4) is 16.9 Å². The highest BCUT2D eigenvalue weighted by molar-refractivity contribution is 6.24. The third-order valence-electron chi connectivity index (χ3n) is 4.09. The van der Waals surface area contributed by atoms with Crippen LogP contribution >= 0.6 is 0 Å². The van der Waals surface area contributed by atoms with Gasteiger partial charge in [-0.05, 0) is 42.2 Å². The number of nitrogens with zero attached hydrogens (tertiary/aromatic N) is 1. The molecule has 0 unspecified atom stereocenters. The van der Waals surface area contributed by atoms with Crippen LogP contribution in [0.1, 0.15) is 24.0 Å². The molecule has 3 rings (SSSR count).